The maximum Gasteiger partial charge on any atom is 0.325 e. The molecule has 2 aromatic rings. The molecule has 2 rings (SSSR count). The van der Waals surface area contributed by atoms with Crippen molar-refractivity contribution < 1.29 is 14.7 Å². The summed E-state index contributed by atoms with van der Waals surface area (Å²) in [6.45, 7) is 7.16. The first-order chi connectivity index (χ1) is 12.2. The summed E-state index contributed by atoms with van der Waals surface area (Å²) < 4.78 is 0. The Morgan fingerprint density at radius 1 is 1.31 bits per heavy atom. The largest absolute Gasteiger partial charge is 0.481 e. The number of carboxylic acids is 1. The number of amides is 2. The molecule has 2 amide bonds. The van der Waals surface area contributed by atoms with Gasteiger partial charge in [0.15, 0.2) is 5.13 Å². The van der Waals surface area contributed by atoms with Crippen LogP contribution in [0.5, 0.6) is 0 Å². The number of aryl methyl sites for hydroxylation is 1. The van der Waals surface area contributed by atoms with E-state index in [0.29, 0.717) is 22.4 Å². The Bertz CT molecular complexity index is 788. The van der Waals surface area contributed by atoms with E-state index in [1.54, 1.807) is 5.38 Å². The molecule has 3 N–H and O–H groups in total. The van der Waals surface area contributed by atoms with Crippen LogP contribution in [0.3, 0.4) is 0 Å². The summed E-state index contributed by atoms with van der Waals surface area (Å²) in [6.07, 6.45) is -0.165. The van der Waals surface area contributed by atoms with Crippen LogP contribution in [0, 0.1) is 12.8 Å². The molecule has 0 spiro atoms. The van der Waals surface area contributed by atoms with Gasteiger partial charge in [-0.05, 0) is 30.5 Å². The predicted octanol–water partition coefficient (Wildman–Crippen LogP) is 3.81. The van der Waals surface area contributed by atoms with Gasteiger partial charge < -0.3 is 15.3 Å². The maximum atomic E-state index is 12.3. The molecule has 0 fully saturated rings. The van der Waals surface area contributed by atoms with E-state index in [9.17, 15) is 9.59 Å². The van der Waals surface area contributed by atoms with Gasteiger partial charge >= 0.3 is 12.0 Å². The molecule has 0 unspecified atom stereocenters. The van der Waals surface area contributed by atoms with Crippen LogP contribution in [0.15, 0.2) is 23.6 Å². The molecule has 0 atom stereocenters. The van der Waals surface area contributed by atoms with E-state index >= 15 is 0 Å². The van der Waals surface area contributed by atoms with Crippen LogP contribution < -0.4 is 15.5 Å². The molecule has 140 valence electrons. The Kier molecular flexibility index (Phi) is 6.57. The Hall–Kier alpha value is -2.61. The second kappa shape index (κ2) is 8.66. The van der Waals surface area contributed by atoms with Crippen LogP contribution in [-0.2, 0) is 11.2 Å². The van der Waals surface area contributed by atoms with E-state index in [2.05, 4.69) is 34.4 Å². The first-order valence-electron chi connectivity index (χ1n) is 8.30. The highest BCUT2D eigenvalue weighted by atomic mass is 32.1. The lowest BCUT2D eigenvalue weighted by Gasteiger charge is -2.25. The van der Waals surface area contributed by atoms with Gasteiger partial charge in [0.2, 0.25) is 0 Å². The average molecular weight is 376 g/mol. The standard InChI is InChI=1S/C18H24N4O3S/c1-11(2)9-22(4)15-7-12(3)5-6-14(15)20-17(25)21-18-19-13(10-26-18)8-16(23)24/h5-7,10-11H,8-9H2,1-4H3,(H,23,24)(H2,19,20,21,25). The van der Waals surface area contributed by atoms with Crippen molar-refractivity contribution >= 4 is 39.8 Å². The lowest BCUT2D eigenvalue weighted by Crippen LogP contribution is -2.26. The highest BCUT2D eigenvalue weighted by molar-refractivity contribution is 7.14. The monoisotopic (exact) mass is 376 g/mol. The highest BCUT2D eigenvalue weighted by Gasteiger charge is 2.13. The van der Waals surface area contributed by atoms with Crippen LogP contribution in [-0.4, -0.2) is 35.7 Å². The number of thiazole rings is 1. The van der Waals surface area contributed by atoms with Crippen LogP contribution in [0.4, 0.5) is 21.3 Å². The number of aromatic nitrogens is 1. The molecule has 1 aromatic carbocycles. The molecule has 0 aliphatic heterocycles. The fourth-order valence-corrected chi connectivity index (χ4v) is 3.27. The Morgan fingerprint density at radius 3 is 2.69 bits per heavy atom. The lowest BCUT2D eigenvalue weighted by atomic mass is 10.1. The van der Waals surface area contributed by atoms with Crippen LogP contribution in [0.25, 0.3) is 0 Å². The van der Waals surface area contributed by atoms with Gasteiger partial charge in [0.1, 0.15) is 0 Å². The molecule has 7 nitrogen and oxygen atoms in total. The number of benzene rings is 1. The molecule has 26 heavy (non-hydrogen) atoms. The molecule has 0 radical (unpaired) electrons. The Labute approximate surface area is 157 Å². The van der Waals surface area contributed by atoms with Crippen molar-refractivity contribution in [2.24, 2.45) is 5.92 Å². The summed E-state index contributed by atoms with van der Waals surface area (Å²) in [5.41, 5.74) is 3.18. The molecular formula is C18H24N4O3S. The van der Waals surface area contributed by atoms with Gasteiger partial charge in [-0.2, -0.15) is 0 Å². The van der Waals surface area contributed by atoms with E-state index in [1.807, 2.05) is 32.2 Å². The normalized spacial score (nSPS) is 10.7. The number of carboxylic acid groups (broad SMARTS) is 1. The molecular weight excluding hydrogens is 352 g/mol. The van der Waals surface area contributed by atoms with Crippen LogP contribution in [0.1, 0.15) is 25.1 Å². The molecule has 0 aliphatic carbocycles. The van der Waals surface area contributed by atoms with Gasteiger partial charge in [-0.1, -0.05) is 19.9 Å². The zero-order valence-corrected chi connectivity index (χ0v) is 16.2. The zero-order valence-electron chi connectivity index (χ0n) is 15.4. The summed E-state index contributed by atoms with van der Waals surface area (Å²) in [7, 11) is 2.00. The lowest BCUT2D eigenvalue weighted by molar-refractivity contribution is -0.136. The van der Waals surface area contributed by atoms with Crippen molar-refractivity contribution in [1.29, 1.82) is 0 Å². The van der Waals surface area contributed by atoms with E-state index in [-0.39, 0.29) is 6.42 Å². The molecule has 0 aliphatic rings. The molecule has 0 saturated carbocycles. The smallest absolute Gasteiger partial charge is 0.325 e. The predicted molar refractivity (Wildman–Crippen MR) is 105 cm³/mol. The maximum absolute atomic E-state index is 12.3. The quantitative estimate of drug-likeness (QED) is 0.683. The van der Waals surface area contributed by atoms with Gasteiger partial charge in [-0.15, -0.1) is 11.3 Å². The van der Waals surface area contributed by atoms with E-state index < -0.39 is 12.0 Å². The minimum absolute atomic E-state index is 0.165. The summed E-state index contributed by atoms with van der Waals surface area (Å²) in [5.74, 6) is -0.464. The third kappa shape index (κ3) is 5.73. The van der Waals surface area contributed by atoms with E-state index in [1.165, 1.54) is 11.3 Å². The molecule has 0 bridgehead atoms. The number of carbonyl (C=O) groups excluding carboxylic acids is 1. The molecule has 1 heterocycles. The fraction of sp³-hybridized carbons (Fsp3) is 0.389. The van der Waals surface area contributed by atoms with Gasteiger partial charge in [0, 0.05) is 19.0 Å². The Balaban J connectivity index is 2.08. The first-order valence-corrected chi connectivity index (χ1v) is 9.18. The van der Waals surface area contributed by atoms with Gasteiger partial charge in [-0.25, -0.2) is 9.78 Å². The summed E-state index contributed by atoms with van der Waals surface area (Å²) in [4.78, 5) is 29.2. The van der Waals surface area contributed by atoms with Gasteiger partial charge in [0.05, 0.1) is 23.5 Å². The molecule has 0 saturated heterocycles. The number of hydrogen-bond acceptors (Lipinski definition) is 5. The average Bonchev–Trinajstić information content (AvgIpc) is 2.94. The molecule has 8 heteroatoms. The minimum Gasteiger partial charge on any atom is -0.481 e. The zero-order chi connectivity index (χ0) is 19.3. The summed E-state index contributed by atoms with van der Waals surface area (Å²) in [6, 6.07) is 5.44. The second-order valence-electron chi connectivity index (χ2n) is 6.59. The van der Waals surface area contributed by atoms with E-state index in [0.717, 1.165) is 17.8 Å². The number of nitrogens with one attached hydrogen (secondary N) is 2. The second-order valence-corrected chi connectivity index (χ2v) is 7.45. The van der Waals surface area contributed by atoms with Crippen LogP contribution in [0.2, 0.25) is 0 Å². The van der Waals surface area contributed by atoms with Gasteiger partial charge in [0.25, 0.3) is 0 Å². The number of urea groups is 1. The van der Waals surface area contributed by atoms with E-state index in [4.69, 9.17) is 5.11 Å². The number of nitrogens with zero attached hydrogens (tertiary/aromatic N) is 2. The van der Waals surface area contributed by atoms with Gasteiger partial charge in [-0.3, -0.25) is 10.1 Å². The van der Waals surface area contributed by atoms with Crippen LogP contribution >= 0.6 is 11.3 Å². The number of anilines is 3. The summed E-state index contributed by atoms with van der Waals surface area (Å²) >= 11 is 1.19. The number of carbonyl (C=O) groups is 2. The summed E-state index contributed by atoms with van der Waals surface area (Å²) in [5, 5.41) is 16.3. The van der Waals surface area contributed by atoms with Crippen molar-refractivity contribution in [3.05, 3.63) is 34.8 Å². The van der Waals surface area contributed by atoms with Crippen molar-refractivity contribution in [2.75, 3.05) is 29.1 Å². The number of hydrogen-bond donors (Lipinski definition) is 3. The van der Waals surface area contributed by atoms with Crippen molar-refractivity contribution in [1.82, 2.24) is 4.98 Å². The number of rotatable bonds is 7. The molecule has 1 aromatic heterocycles. The minimum atomic E-state index is -0.955. The third-order valence-electron chi connectivity index (χ3n) is 3.56. The van der Waals surface area contributed by atoms with Crippen molar-refractivity contribution in [3.8, 4) is 0 Å². The van der Waals surface area contributed by atoms with Crippen molar-refractivity contribution in [2.45, 2.75) is 27.2 Å². The SMILES string of the molecule is Cc1ccc(NC(=O)Nc2nc(CC(=O)O)cs2)c(N(C)CC(C)C)c1. The van der Waals surface area contributed by atoms with Crippen molar-refractivity contribution in [3.63, 3.8) is 0 Å². The first kappa shape index (κ1) is 19.7. The fourth-order valence-electron chi connectivity index (χ4n) is 2.56. The number of aliphatic carboxylic acids is 1. The third-order valence-corrected chi connectivity index (χ3v) is 4.36. The highest BCUT2D eigenvalue weighted by Crippen LogP contribution is 2.27. The topological polar surface area (TPSA) is 94.6 Å². The Morgan fingerprint density at radius 2 is 2.04 bits per heavy atom.